The molecule has 4 heteroatoms. The van der Waals surface area contributed by atoms with Crippen LogP contribution in [0.2, 0.25) is 0 Å². The summed E-state index contributed by atoms with van der Waals surface area (Å²) in [4.78, 5) is 11.3. The van der Waals surface area contributed by atoms with Crippen LogP contribution in [0.3, 0.4) is 0 Å². The first-order valence-corrected chi connectivity index (χ1v) is 4.22. The van der Waals surface area contributed by atoms with E-state index in [0.29, 0.717) is 6.42 Å². The Morgan fingerprint density at radius 1 is 1.75 bits per heavy atom. The molecule has 0 aromatic rings. The molecule has 2 fully saturated rings. The minimum Gasteiger partial charge on any atom is -0.468 e. The van der Waals surface area contributed by atoms with Gasteiger partial charge in [0.15, 0.2) is 0 Å². The van der Waals surface area contributed by atoms with Crippen molar-refractivity contribution < 1.29 is 14.6 Å². The minimum atomic E-state index is -0.571. The number of fused-ring (bicyclic) bond motifs is 2. The van der Waals surface area contributed by atoms with E-state index in [-0.39, 0.29) is 18.1 Å². The number of esters is 1. The average molecular weight is 171 g/mol. The molecule has 3 atom stereocenters. The van der Waals surface area contributed by atoms with Crippen molar-refractivity contribution in [2.75, 3.05) is 7.11 Å². The molecule has 2 bridgehead atoms. The van der Waals surface area contributed by atoms with E-state index in [1.54, 1.807) is 0 Å². The molecule has 2 aliphatic heterocycles. The van der Waals surface area contributed by atoms with Crippen molar-refractivity contribution >= 4 is 5.97 Å². The Kier molecular flexibility index (Phi) is 1.63. The lowest BCUT2D eigenvalue weighted by molar-refractivity contribution is -0.148. The fraction of sp³-hybridized carbons (Fsp3) is 0.875. The number of methoxy groups -OCH3 is 1. The van der Waals surface area contributed by atoms with Gasteiger partial charge in [-0.15, -0.1) is 0 Å². The number of hydrogen-bond donors (Lipinski definition) is 2. The number of aliphatic hydroxyl groups is 1. The summed E-state index contributed by atoms with van der Waals surface area (Å²) in [7, 11) is 1.39. The molecule has 12 heavy (non-hydrogen) atoms. The normalized spacial score (nSPS) is 44.8. The SMILES string of the molecule is COC(=O)[C@@]12CC[C@@H](N1)[C@@H](O)C2. The molecule has 2 rings (SSSR count). The molecule has 68 valence electrons. The maximum Gasteiger partial charge on any atom is 0.326 e. The Bertz CT molecular complexity index is 214. The smallest absolute Gasteiger partial charge is 0.326 e. The molecule has 4 nitrogen and oxygen atoms in total. The van der Waals surface area contributed by atoms with Crippen LogP contribution < -0.4 is 5.32 Å². The summed E-state index contributed by atoms with van der Waals surface area (Å²) >= 11 is 0. The second-order valence-electron chi connectivity index (χ2n) is 3.63. The van der Waals surface area contributed by atoms with Gasteiger partial charge in [-0.2, -0.15) is 0 Å². The van der Waals surface area contributed by atoms with Crippen LogP contribution in [0.1, 0.15) is 19.3 Å². The zero-order chi connectivity index (χ0) is 8.77. The van der Waals surface area contributed by atoms with Crippen LogP contribution >= 0.6 is 0 Å². The summed E-state index contributed by atoms with van der Waals surface area (Å²) < 4.78 is 4.69. The predicted octanol–water partition coefficient (Wildman–Crippen LogP) is -0.585. The van der Waals surface area contributed by atoms with Crippen molar-refractivity contribution in [3.63, 3.8) is 0 Å². The lowest BCUT2D eigenvalue weighted by Gasteiger charge is -2.23. The lowest BCUT2D eigenvalue weighted by Crippen LogP contribution is -2.45. The van der Waals surface area contributed by atoms with Gasteiger partial charge < -0.3 is 9.84 Å². The van der Waals surface area contributed by atoms with Crippen molar-refractivity contribution in [3.8, 4) is 0 Å². The highest BCUT2D eigenvalue weighted by Gasteiger charge is 2.55. The molecule has 0 saturated carbocycles. The number of nitrogens with one attached hydrogen (secondary N) is 1. The third-order valence-corrected chi connectivity index (χ3v) is 2.94. The van der Waals surface area contributed by atoms with Crippen LogP contribution in [0.4, 0.5) is 0 Å². The quantitative estimate of drug-likeness (QED) is 0.518. The molecule has 2 heterocycles. The Balaban J connectivity index is 2.18. The van der Waals surface area contributed by atoms with Gasteiger partial charge in [-0.25, -0.2) is 0 Å². The molecular formula is C8H13NO3. The molecular weight excluding hydrogens is 158 g/mol. The molecule has 0 unspecified atom stereocenters. The first kappa shape index (κ1) is 8.01. The number of carbonyl (C=O) groups excluding carboxylic acids is 1. The van der Waals surface area contributed by atoms with Crippen LogP contribution in [-0.4, -0.2) is 35.9 Å². The third-order valence-electron chi connectivity index (χ3n) is 2.94. The van der Waals surface area contributed by atoms with Crippen LogP contribution in [0, 0.1) is 0 Å². The van der Waals surface area contributed by atoms with E-state index in [4.69, 9.17) is 4.74 Å². The summed E-state index contributed by atoms with van der Waals surface area (Å²) in [5.74, 6) is -0.235. The molecule has 2 N–H and O–H groups in total. The summed E-state index contributed by atoms with van der Waals surface area (Å²) in [5.41, 5.74) is -0.571. The molecule has 0 spiro atoms. The van der Waals surface area contributed by atoms with Crippen LogP contribution in [-0.2, 0) is 9.53 Å². The number of aliphatic hydroxyl groups excluding tert-OH is 1. The largest absolute Gasteiger partial charge is 0.468 e. The Hall–Kier alpha value is -0.610. The Morgan fingerprint density at radius 2 is 2.50 bits per heavy atom. The van der Waals surface area contributed by atoms with E-state index in [2.05, 4.69) is 5.32 Å². The monoisotopic (exact) mass is 171 g/mol. The molecule has 2 saturated heterocycles. The van der Waals surface area contributed by atoms with Crippen molar-refractivity contribution in [2.45, 2.75) is 36.9 Å². The van der Waals surface area contributed by atoms with E-state index < -0.39 is 5.54 Å². The first-order valence-electron chi connectivity index (χ1n) is 4.22. The second kappa shape index (κ2) is 2.44. The van der Waals surface area contributed by atoms with E-state index in [1.807, 2.05) is 0 Å². The number of hydrogen-bond acceptors (Lipinski definition) is 4. The Morgan fingerprint density at radius 3 is 2.92 bits per heavy atom. The van der Waals surface area contributed by atoms with Crippen LogP contribution in [0.15, 0.2) is 0 Å². The second-order valence-corrected chi connectivity index (χ2v) is 3.63. The predicted molar refractivity (Wildman–Crippen MR) is 41.5 cm³/mol. The minimum absolute atomic E-state index is 0.101. The number of carbonyl (C=O) groups is 1. The highest BCUT2D eigenvalue weighted by molar-refractivity contribution is 5.82. The van der Waals surface area contributed by atoms with E-state index in [0.717, 1.165) is 12.8 Å². The van der Waals surface area contributed by atoms with Crippen molar-refractivity contribution in [1.29, 1.82) is 0 Å². The van der Waals surface area contributed by atoms with Gasteiger partial charge in [0.05, 0.1) is 13.2 Å². The topological polar surface area (TPSA) is 58.6 Å². The van der Waals surface area contributed by atoms with Crippen LogP contribution in [0.5, 0.6) is 0 Å². The van der Waals surface area contributed by atoms with E-state index >= 15 is 0 Å². The zero-order valence-electron chi connectivity index (χ0n) is 7.04. The van der Waals surface area contributed by atoms with Gasteiger partial charge in [-0.3, -0.25) is 10.1 Å². The number of ether oxygens (including phenoxy) is 1. The molecule has 0 amide bonds. The zero-order valence-corrected chi connectivity index (χ0v) is 7.04. The Labute approximate surface area is 70.9 Å². The molecule has 2 aliphatic rings. The van der Waals surface area contributed by atoms with Gasteiger partial charge in [-0.1, -0.05) is 0 Å². The molecule has 0 aromatic heterocycles. The summed E-state index contributed by atoms with van der Waals surface area (Å²) in [6.45, 7) is 0. The maximum atomic E-state index is 11.3. The summed E-state index contributed by atoms with van der Waals surface area (Å²) in [5, 5.41) is 12.6. The van der Waals surface area contributed by atoms with E-state index in [1.165, 1.54) is 7.11 Å². The van der Waals surface area contributed by atoms with Gasteiger partial charge in [0.25, 0.3) is 0 Å². The van der Waals surface area contributed by atoms with Crippen molar-refractivity contribution in [2.24, 2.45) is 0 Å². The molecule has 0 aliphatic carbocycles. The van der Waals surface area contributed by atoms with Gasteiger partial charge >= 0.3 is 5.97 Å². The third kappa shape index (κ3) is 0.881. The summed E-state index contributed by atoms with van der Waals surface area (Å²) in [6.07, 6.45) is 1.79. The molecule has 0 aromatic carbocycles. The lowest BCUT2D eigenvalue weighted by atomic mass is 9.86. The van der Waals surface area contributed by atoms with Crippen molar-refractivity contribution in [3.05, 3.63) is 0 Å². The van der Waals surface area contributed by atoms with Gasteiger partial charge in [-0.05, 0) is 12.8 Å². The number of rotatable bonds is 1. The van der Waals surface area contributed by atoms with Gasteiger partial charge in [0.1, 0.15) is 5.54 Å². The highest BCUT2D eigenvalue weighted by atomic mass is 16.5. The van der Waals surface area contributed by atoms with Gasteiger partial charge in [0, 0.05) is 12.5 Å². The van der Waals surface area contributed by atoms with Crippen LogP contribution in [0.25, 0.3) is 0 Å². The van der Waals surface area contributed by atoms with Gasteiger partial charge in [0.2, 0.25) is 0 Å². The molecule has 0 radical (unpaired) electrons. The van der Waals surface area contributed by atoms with Crippen molar-refractivity contribution in [1.82, 2.24) is 5.32 Å². The standard InChI is InChI=1S/C8H13NO3/c1-12-7(11)8-3-2-5(9-8)6(10)4-8/h5-6,9-10H,2-4H2,1H3/t5-,6+,8+/m1/s1. The fourth-order valence-corrected chi connectivity index (χ4v) is 2.29. The fourth-order valence-electron chi connectivity index (χ4n) is 2.29. The highest BCUT2D eigenvalue weighted by Crippen LogP contribution is 2.38. The maximum absolute atomic E-state index is 11.3. The first-order chi connectivity index (χ1) is 5.68. The summed E-state index contributed by atoms with van der Waals surface area (Å²) in [6, 6.07) is 0.101. The average Bonchev–Trinajstić information content (AvgIpc) is 2.60. The van der Waals surface area contributed by atoms with E-state index in [9.17, 15) is 9.90 Å².